The molecule has 0 fully saturated rings. The van der Waals surface area contributed by atoms with E-state index >= 15 is 0 Å². The van der Waals surface area contributed by atoms with Crippen LogP contribution < -0.4 is 0 Å². The Morgan fingerprint density at radius 2 is 2.00 bits per heavy atom. The SMILES string of the molecule is COC(=O)[C@@H](I)[C@H](Cl)c1ccccc1. The third kappa shape index (κ3) is 2.85. The third-order valence-electron chi connectivity index (χ3n) is 1.80. The van der Waals surface area contributed by atoms with Gasteiger partial charge in [0.1, 0.15) is 3.92 Å². The summed E-state index contributed by atoms with van der Waals surface area (Å²) in [6.07, 6.45) is 0. The van der Waals surface area contributed by atoms with E-state index in [4.69, 9.17) is 11.6 Å². The lowest BCUT2D eigenvalue weighted by molar-refractivity contribution is -0.139. The second kappa shape index (κ2) is 5.56. The lowest BCUT2D eigenvalue weighted by atomic mass is 10.1. The summed E-state index contributed by atoms with van der Waals surface area (Å²) in [5.74, 6) is -0.297. The third-order valence-corrected chi connectivity index (χ3v) is 3.96. The minimum absolute atomic E-state index is 0.297. The Kier molecular flexibility index (Phi) is 4.68. The van der Waals surface area contributed by atoms with E-state index in [0.29, 0.717) is 0 Å². The summed E-state index contributed by atoms with van der Waals surface area (Å²) >= 11 is 8.11. The van der Waals surface area contributed by atoms with Gasteiger partial charge in [-0.2, -0.15) is 0 Å². The average Bonchev–Trinajstić information content (AvgIpc) is 2.27. The van der Waals surface area contributed by atoms with Crippen LogP contribution in [0.3, 0.4) is 0 Å². The molecule has 14 heavy (non-hydrogen) atoms. The van der Waals surface area contributed by atoms with E-state index in [0.717, 1.165) is 5.56 Å². The summed E-state index contributed by atoms with van der Waals surface area (Å²) in [7, 11) is 1.36. The highest BCUT2D eigenvalue weighted by molar-refractivity contribution is 14.1. The summed E-state index contributed by atoms with van der Waals surface area (Å²) in [6, 6.07) is 9.49. The zero-order valence-electron chi connectivity index (χ0n) is 7.61. The highest BCUT2D eigenvalue weighted by Gasteiger charge is 2.25. The van der Waals surface area contributed by atoms with Crippen molar-refractivity contribution in [1.82, 2.24) is 0 Å². The number of esters is 1. The van der Waals surface area contributed by atoms with Gasteiger partial charge in [-0.25, -0.2) is 0 Å². The lowest BCUT2D eigenvalue weighted by Crippen LogP contribution is -2.20. The van der Waals surface area contributed by atoms with Gasteiger partial charge in [-0.1, -0.05) is 52.9 Å². The van der Waals surface area contributed by atoms with E-state index < -0.39 is 0 Å². The quantitative estimate of drug-likeness (QED) is 0.485. The van der Waals surface area contributed by atoms with Gasteiger partial charge in [-0.05, 0) is 5.56 Å². The van der Waals surface area contributed by atoms with Crippen LogP contribution in [0.4, 0.5) is 0 Å². The van der Waals surface area contributed by atoms with Crippen LogP contribution in [-0.4, -0.2) is 17.0 Å². The molecule has 0 aliphatic carbocycles. The maximum absolute atomic E-state index is 11.2. The van der Waals surface area contributed by atoms with Gasteiger partial charge in [0.05, 0.1) is 12.5 Å². The van der Waals surface area contributed by atoms with Gasteiger partial charge in [-0.15, -0.1) is 11.6 Å². The van der Waals surface area contributed by atoms with Crippen molar-refractivity contribution >= 4 is 40.2 Å². The number of methoxy groups -OCH3 is 1. The highest BCUT2D eigenvalue weighted by Crippen LogP contribution is 2.29. The first kappa shape index (κ1) is 11.8. The Labute approximate surface area is 102 Å². The number of carbonyl (C=O) groups excluding carboxylic acids is 1. The molecule has 1 aromatic rings. The largest absolute Gasteiger partial charge is 0.468 e. The van der Waals surface area contributed by atoms with Crippen molar-refractivity contribution in [3.63, 3.8) is 0 Å². The molecule has 0 N–H and O–H groups in total. The molecular formula is C10H10ClIO2. The average molecular weight is 325 g/mol. The van der Waals surface area contributed by atoms with E-state index in [9.17, 15) is 4.79 Å². The van der Waals surface area contributed by atoms with Crippen molar-refractivity contribution in [2.45, 2.75) is 9.30 Å². The zero-order chi connectivity index (χ0) is 10.6. The van der Waals surface area contributed by atoms with Gasteiger partial charge in [0.15, 0.2) is 0 Å². The second-order valence-electron chi connectivity index (χ2n) is 2.74. The maximum Gasteiger partial charge on any atom is 0.320 e. The van der Waals surface area contributed by atoms with Crippen molar-refractivity contribution in [2.24, 2.45) is 0 Å². The molecule has 0 bridgehead atoms. The Morgan fingerprint density at radius 3 is 2.50 bits per heavy atom. The fourth-order valence-corrected chi connectivity index (χ4v) is 1.96. The normalized spacial score (nSPS) is 14.5. The summed E-state index contributed by atoms with van der Waals surface area (Å²) < 4.78 is 4.26. The van der Waals surface area contributed by atoms with Crippen LogP contribution in [-0.2, 0) is 9.53 Å². The first-order valence-electron chi connectivity index (χ1n) is 4.07. The molecule has 4 heteroatoms. The first-order chi connectivity index (χ1) is 6.66. The van der Waals surface area contributed by atoms with Crippen LogP contribution in [0.25, 0.3) is 0 Å². The maximum atomic E-state index is 11.2. The highest BCUT2D eigenvalue weighted by atomic mass is 127. The lowest BCUT2D eigenvalue weighted by Gasteiger charge is -2.14. The molecule has 0 aromatic heterocycles. The molecule has 0 amide bonds. The minimum atomic E-state index is -0.360. The molecule has 76 valence electrons. The van der Waals surface area contributed by atoms with Crippen molar-refractivity contribution in [3.05, 3.63) is 35.9 Å². The standard InChI is InChI=1S/C10H10ClIO2/c1-14-10(13)9(12)8(11)7-5-3-2-4-6-7/h2-6,8-9H,1H3/t8-,9+/m1/s1. The predicted octanol–water partition coefficient (Wildman–Crippen LogP) is 2.94. The number of ether oxygens (including phenoxy) is 1. The molecule has 2 atom stereocenters. The number of benzene rings is 1. The Hall–Kier alpha value is -0.290. The van der Waals surface area contributed by atoms with E-state index in [1.807, 2.05) is 52.9 Å². The molecule has 0 aliphatic rings. The van der Waals surface area contributed by atoms with Crippen molar-refractivity contribution in [2.75, 3.05) is 7.11 Å². The first-order valence-corrected chi connectivity index (χ1v) is 5.76. The smallest absolute Gasteiger partial charge is 0.320 e. The number of alkyl halides is 2. The van der Waals surface area contributed by atoms with Crippen LogP contribution in [0.5, 0.6) is 0 Å². The van der Waals surface area contributed by atoms with Crippen LogP contribution in [0.15, 0.2) is 30.3 Å². The van der Waals surface area contributed by atoms with E-state index in [1.54, 1.807) is 0 Å². The number of hydrogen-bond donors (Lipinski definition) is 0. The second-order valence-corrected chi connectivity index (χ2v) is 4.55. The van der Waals surface area contributed by atoms with Crippen LogP contribution in [0, 0.1) is 0 Å². The van der Waals surface area contributed by atoms with Crippen molar-refractivity contribution in [1.29, 1.82) is 0 Å². The molecule has 0 radical (unpaired) electrons. The van der Waals surface area contributed by atoms with Crippen LogP contribution in [0.2, 0.25) is 0 Å². The van der Waals surface area contributed by atoms with Gasteiger partial charge < -0.3 is 4.74 Å². The topological polar surface area (TPSA) is 26.3 Å². The van der Waals surface area contributed by atoms with Gasteiger partial charge in [-0.3, -0.25) is 4.79 Å². The molecule has 2 nitrogen and oxygen atoms in total. The van der Waals surface area contributed by atoms with Gasteiger partial charge in [0.25, 0.3) is 0 Å². The Bertz CT molecular complexity index is 302. The molecule has 1 aromatic carbocycles. The summed E-state index contributed by atoms with van der Waals surface area (Å²) in [6.45, 7) is 0. The molecule has 0 spiro atoms. The van der Waals surface area contributed by atoms with Crippen LogP contribution in [0.1, 0.15) is 10.9 Å². The number of halogens is 2. The van der Waals surface area contributed by atoms with E-state index in [1.165, 1.54) is 7.11 Å². The summed E-state index contributed by atoms with van der Waals surface area (Å²) in [5, 5.41) is -0.343. The van der Waals surface area contributed by atoms with Crippen molar-refractivity contribution in [3.8, 4) is 0 Å². The Morgan fingerprint density at radius 1 is 1.43 bits per heavy atom. The summed E-state index contributed by atoms with van der Waals surface area (Å²) in [5.41, 5.74) is 0.930. The fourth-order valence-electron chi connectivity index (χ4n) is 1.04. The molecule has 0 saturated heterocycles. The predicted molar refractivity (Wildman–Crippen MR) is 64.9 cm³/mol. The molecule has 0 heterocycles. The van der Waals surface area contributed by atoms with Gasteiger partial charge >= 0.3 is 5.97 Å². The van der Waals surface area contributed by atoms with Gasteiger partial charge in [0.2, 0.25) is 0 Å². The minimum Gasteiger partial charge on any atom is -0.468 e. The molecular weight excluding hydrogens is 314 g/mol. The Balaban J connectivity index is 2.75. The molecule has 0 unspecified atom stereocenters. The van der Waals surface area contributed by atoms with Crippen molar-refractivity contribution < 1.29 is 9.53 Å². The monoisotopic (exact) mass is 324 g/mol. The number of hydrogen-bond acceptors (Lipinski definition) is 2. The molecule has 0 aliphatic heterocycles. The molecule has 1 rings (SSSR count). The van der Waals surface area contributed by atoms with E-state index in [-0.39, 0.29) is 15.3 Å². The van der Waals surface area contributed by atoms with Crippen LogP contribution >= 0.6 is 34.2 Å². The fraction of sp³-hybridized carbons (Fsp3) is 0.300. The number of carbonyl (C=O) groups is 1. The summed E-state index contributed by atoms with van der Waals surface area (Å²) in [4.78, 5) is 11.2. The number of rotatable bonds is 3. The van der Waals surface area contributed by atoms with E-state index in [2.05, 4.69) is 4.74 Å². The molecule has 0 saturated carbocycles. The van der Waals surface area contributed by atoms with Gasteiger partial charge in [0, 0.05) is 0 Å². The zero-order valence-corrected chi connectivity index (χ0v) is 10.5.